The zero-order valence-corrected chi connectivity index (χ0v) is 13.8. The number of hydrogen-bond donors (Lipinski definition) is 0. The summed E-state index contributed by atoms with van der Waals surface area (Å²) in [6, 6.07) is 15.8. The molecule has 0 radical (unpaired) electrons. The van der Waals surface area contributed by atoms with Gasteiger partial charge >= 0.3 is 0 Å². The van der Waals surface area contributed by atoms with Gasteiger partial charge in [-0.15, -0.1) is 0 Å². The van der Waals surface area contributed by atoms with Crippen LogP contribution in [0.25, 0.3) is 21.5 Å². The second kappa shape index (κ2) is 4.82. The first kappa shape index (κ1) is 13.8. The minimum Gasteiger partial charge on any atom is -0.317 e. The van der Waals surface area contributed by atoms with Crippen LogP contribution >= 0.6 is 0 Å². The smallest absolute Gasteiger partial charge is 0.105 e. The number of rotatable bonds is 2. The van der Waals surface area contributed by atoms with Crippen molar-refractivity contribution >= 4 is 21.5 Å². The summed E-state index contributed by atoms with van der Waals surface area (Å²) in [5.74, 6) is 0. The SMILES string of the molecule is CC[N+]1(CC)Cc2cc3c(ccc4ccccc43)c(C)c2C1. The molecule has 0 N–H and O–H groups in total. The molecule has 3 aromatic rings. The summed E-state index contributed by atoms with van der Waals surface area (Å²) in [5.41, 5.74) is 4.68. The Hall–Kier alpha value is -1.86. The Morgan fingerprint density at radius 1 is 0.864 bits per heavy atom. The summed E-state index contributed by atoms with van der Waals surface area (Å²) in [6.45, 7) is 11.8. The molecule has 0 saturated heterocycles. The van der Waals surface area contributed by atoms with Crippen LogP contribution in [0, 0.1) is 6.92 Å². The van der Waals surface area contributed by atoms with Gasteiger partial charge in [0.15, 0.2) is 0 Å². The summed E-state index contributed by atoms with van der Waals surface area (Å²) in [6.07, 6.45) is 0. The fourth-order valence-corrected chi connectivity index (χ4v) is 4.23. The molecule has 1 heterocycles. The number of fused-ring (bicyclic) bond motifs is 4. The molecule has 22 heavy (non-hydrogen) atoms. The average molecular weight is 290 g/mol. The number of aryl methyl sites for hydroxylation is 1. The number of benzene rings is 3. The van der Waals surface area contributed by atoms with E-state index in [1.54, 1.807) is 11.1 Å². The lowest BCUT2D eigenvalue weighted by atomic mass is 9.93. The van der Waals surface area contributed by atoms with Gasteiger partial charge in [-0.1, -0.05) is 36.4 Å². The predicted molar refractivity (Wildman–Crippen MR) is 94.9 cm³/mol. The summed E-state index contributed by atoms with van der Waals surface area (Å²) in [7, 11) is 0. The highest BCUT2D eigenvalue weighted by atomic mass is 15.4. The number of nitrogens with zero attached hydrogens (tertiary/aromatic N) is 1. The Bertz CT molecular complexity index is 872. The largest absolute Gasteiger partial charge is 0.317 e. The van der Waals surface area contributed by atoms with Crippen molar-refractivity contribution in [2.45, 2.75) is 33.9 Å². The fourth-order valence-electron chi connectivity index (χ4n) is 4.23. The molecule has 112 valence electrons. The van der Waals surface area contributed by atoms with E-state index in [0.29, 0.717) is 0 Å². The first-order chi connectivity index (χ1) is 10.7. The van der Waals surface area contributed by atoms with Crippen molar-refractivity contribution in [3.8, 4) is 0 Å². The van der Waals surface area contributed by atoms with E-state index in [1.165, 1.54) is 57.8 Å². The van der Waals surface area contributed by atoms with E-state index >= 15 is 0 Å². The van der Waals surface area contributed by atoms with Gasteiger partial charge in [0, 0.05) is 11.1 Å². The topological polar surface area (TPSA) is 0 Å². The van der Waals surface area contributed by atoms with Gasteiger partial charge in [0.05, 0.1) is 13.1 Å². The maximum atomic E-state index is 2.48. The molecule has 1 heteroatoms. The van der Waals surface area contributed by atoms with E-state index in [-0.39, 0.29) is 0 Å². The quantitative estimate of drug-likeness (QED) is 0.451. The molecule has 3 aromatic carbocycles. The van der Waals surface area contributed by atoms with Crippen molar-refractivity contribution in [2.75, 3.05) is 13.1 Å². The highest BCUT2D eigenvalue weighted by Crippen LogP contribution is 2.38. The van der Waals surface area contributed by atoms with Crippen LogP contribution in [-0.4, -0.2) is 17.6 Å². The van der Waals surface area contributed by atoms with E-state index < -0.39 is 0 Å². The molecular weight excluding hydrogens is 266 g/mol. The van der Waals surface area contributed by atoms with Gasteiger partial charge < -0.3 is 4.48 Å². The molecule has 0 atom stereocenters. The summed E-state index contributed by atoms with van der Waals surface area (Å²) >= 11 is 0. The lowest BCUT2D eigenvalue weighted by molar-refractivity contribution is -0.944. The number of hydrogen-bond acceptors (Lipinski definition) is 0. The Kier molecular flexibility index (Phi) is 3.02. The van der Waals surface area contributed by atoms with Crippen molar-refractivity contribution in [3.63, 3.8) is 0 Å². The molecule has 0 spiro atoms. The molecule has 1 aliphatic rings. The second-order valence-corrected chi connectivity index (χ2v) is 6.81. The van der Waals surface area contributed by atoms with Crippen molar-refractivity contribution in [3.05, 3.63) is 59.2 Å². The maximum absolute atomic E-state index is 2.48. The van der Waals surface area contributed by atoms with Crippen LogP contribution in [-0.2, 0) is 13.1 Å². The average Bonchev–Trinajstić information content (AvgIpc) is 2.95. The van der Waals surface area contributed by atoms with Crippen molar-refractivity contribution in [2.24, 2.45) is 0 Å². The Labute approximate surface area is 132 Å². The third-order valence-corrected chi connectivity index (χ3v) is 5.87. The van der Waals surface area contributed by atoms with Crippen LogP contribution in [0.4, 0.5) is 0 Å². The molecule has 0 aliphatic carbocycles. The van der Waals surface area contributed by atoms with E-state index in [0.717, 1.165) is 0 Å². The Balaban J connectivity index is 2.02. The highest BCUT2D eigenvalue weighted by Gasteiger charge is 2.34. The molecule has 0 bridgehead atoms. The van der Waals surface area contributed by atoms with Crippen molar-refractivity contribution < 1.29 is 4.48 Å². The molecule has 0 fully saturated rings. The Morgan fingerprint density at radius 2 is 1.64 bits per heavy atom. The molecule has 1 nitrogen and oxygen atoms in total. The molecule has 1 aliphatic heterocycles. The molecule has 0 amide bonds. The monoisotopic (exact) mass is 290 g/mol. The molecule has 0 saturated carbocycles. The van der Waals surface area contributed by atoms with Crippen molar-refractivity contribution in [1.29, 1.82) is 0 Å². The molecular formula is C21H24N+. The predicted octanol–water partition coefficient (Wildman–Crippen LogP) is 5.17. The van der Waals surface area contributed by atoms with E-state index in [4.69, 9.17) is 0 Å². The van der Waals surface area contributed by atoms with Gasteiger partial charge in [-0.2, -0.15) is 0 Å². The normalized spacial score (nSPS) is 16.3. The first-order valence-electron chi connectivity index (χ1n) is 8.45. The van der Waals surface area contributed by atoms with Gasteiger partial charge in [0.25, 0.3) is 0 Å². The van der Waals surface area contributed by atoms with Gasteiger partial charge in [-0.3, -0.25) is 0 Å². The zero-order valence-electron chi connectivity index (χ0n) is 13.8. The first-order valence-corrected chi connectivity index (χ1v) is 8.45. The standard InChI is InChI=1S/C21H24N/c1-4-22(5-2)13-17-12-20-18(15(3)21(17)14-22)11-10-16-8-6-7-9-19(16)20/h6-12H,4-5,13-14H2,1-3H3/q+1. The molecule has 4 rings (SSSR count). The van der Waals surface area contributed by atoms with Crippen LogP contribution in [0.3, 0.4) is 0 Å². The lowest BCUT2D eigenvalue weighted by Crippen LogP contribution is -2.42. The fraction of sp³-hybridized carbons (Fsp3) is 0.333. The Morgan fingerprint density at radius 3 is 2.41 bits per heavy atom. The van der Waals surface area contributed by atoms with Crippen LogP contribution in [0.15, 0.2) is 42.5 Å². The van der Waals surface area contributed by atoms with E-state index in [9.17, 15) is 0 Å². The molecule has 0 unspecified atom stereocenters. The minimum atomic E-state index is 1.20. The maximum Gasteiger partial charge on any atom is 0.105 e. The van der Waals surface area contributed by atoms with E-state index in [1.807, 2.05) is 0 Å². The summed E-state index contributed by atoms with van der Waals surface area (Å²) < 4.78 is 1.21. The summed E-state index contributed by atoms with van der Waals surface area (Å²) in [5, 5.41) is 5.61. The second-order valence-electron chi connectivity index (χ2n) is 6.81. The van der Waals surface area contributed by atoms with Gasteiger partial charge in [0.1, 0.15) is 13.1 Å². The third-order valence-electron chi connectivity index (χ3n) is 5.87. The van der Waals surface area contributed by atoms with Crippen LogP contribution < -0.4 is 0 Å². The van der Waals surface area contributed by atoms with Crippen LogP contribution in [0.1, 0.15) is 30.5 Å². The van der Waals surface area contributed by atoms with Crippen molar-refractivity contribution in [1.82, 2.24) is 0 Å². The number of quaternary nitrogens is 1. The van der Waals surface area contributed by atoms with Crippen LogP contribution in [0.2, 0.25) is 0 Å². The van der Waals surface area contributed by atoms with Gasteiger partial charge in [0.2, 0.25) is 0 Å². The third kappa shape index (κ3) is 1.82. The highest BCUT2D eigenvalue weighted by molar-refractivity contribution is 6.09. The van der Waals surface area contributed by atoms with Gasteiger partial charge in [-0.05, 0) is 53.9 Å². The summed E-state index contributed by atoms with van der Waals surface area (Å²) in [4.78, 5) is 0. The van der Waals surface area contributed by atoms with Crippen LogP contribution in [0.5, 0.6) is 0 Å². The lowest BCUT2D eigenvalue weighted by Gasteiger charge is -2.31. The minimum absolute atomic E-state index is 1.20. The van der Waals surface area contributed by atoms with Gasteiger partial charge in [-0.25, -0.2) is 0 Å². The molecule has 0 aromatic heterocycles. The zero-order chi connectivity index (χ0) is 15.3. The van der Waals surface area contributed by atoms with E-state index in [2.05, 4.69) is 63.2 Å².